The van der Waals surface area contributed by atoms with Gasteiger partial charge in [-0.25, -0.2) is 0 Å². The molecule has 1 aliphatic rings. The summed E-state index contributed by atoms with van der Waals surface area (Å²) in [5.41, 5.74) is 0. The Labute approximate surface area is 67.6 Å². The summed E-state index contributed by atoms with van der Waals surface area (Å²) in [5.74, 6) is 0.417. The van der Waals surface area contributed by atoms with Crippen LogP contribution >= 0.6 is 20.7 Å². The molecule has 0 aromatic carbocycles. The molecule has 2 heterocycles. The minimum Gasteiger partial charge on any atom is -0.507 e. The summed E-state index contributed by atoms with van der Waals surface area (Å²) in [6, 6.07) is 1.98. The number of allylic oxidation sites excluding steroid dienone is 1. The van der Waals surface area contributed by atoms with Crippen molar-refractivity contribution in [2.45, 2.75) is 0 Å². The van der Waals surface area contributed by atoms with E-state index in [4.69, 9.17) is 5.11 Å². The van der Waals surface area contributed by atoms with E-state index in [1.165, 1.54) is 3.28 Å². The van der Waals surface area contributed by atoms with Gasteiger partial charge in [0.25, 0.3) is 0 Å². The molecular formula is C7H6INO. The van der Waals surface area contributed by atoms with Crippen LogP contribution in [-0.2, 0) is 0 Å². The molecular weight excluding hydrogens is 241 g/mol. The average molecular weight is 247 g/mol. The Morgan fingerprint density at radius 3 is 3.30 bits per heavy atom. The number of hydrogen-bond acceptors (Lipinski definition) is 1. The first-order chi connectivity index (χ1) is 4.86. The van der Waals surface area contributed by atoms with E-state index in [2.05, 4.69) is 4.98 Å². The van der Waals surface area contributed by atoms with Crippen LogP contribution in [0.3, 0.4) is 0 Å². The average Bonchev–Trinajstić information content (AvgIpc) is 2.33. The third-order valence-corrected chi connectivity index (χ3v) is 3.81. The number of aromatic amines is 1. The van der Waals surface area contributed by atoms with Gasteiger partial charge in [0.05, 0.1) is 3.28 Å². The van der Waals surface area contributed by atoms with Gasteiger partial charge in [-0.15, -0.1) is 0 Å². The highest BCUT2D eigenvalue weighted by atomic mass is 127. The molecule has 10 heavy (non-hydrogen) atoms. The zero-order valence-electron chi connectivity index (χ0n) is 5.13. The molecule has 0 radical (unpaired) electrons. The summed E-state index contributed by atoms with van der Waals surface area (Å²) >= 11 is -0.106. The predicted octanol–water partition coefficient (Wildman–Crippen LogP) is 1.43. The molecule has 1 aliphatic heterocycles. The summed E-state index contributed by atoms with van der Waals surface area (Å²) in [6.07, 6.45) is 3.70. The van der Waals surface area contributed by atoms with Crippen molar-refractivity contribution in [3.63, 3.8) is 0 Å². The van der Waals surface area contributed by atoms with Crippen molar-refractivity contribution in [2.24, 2.45) is 0 Å². The van der Waals surface area contributed by atoms with Gasteiger partial charge in [0.1, 0.15) is 5.76 Å². The molecule has 52 valence electrons. The minimum absolute atomic E-state index is 0.106. The molecule has 1 aromatic heterocycles. The van der Waals surface area contributed by atoms with Gasteiger partial charge in [-0.2, -0.15) is 0 Å². The smallest absolute Gasteiger partial charge is 0.121 e. The van der Waals surface area contributed by atoms with E-state index in [-0.39, 0.29) is 20.7 Å². The van der Waals surface area contributed by atoms with Crippen molar-refractivity contribution in [1.82, 2.24) is 4.98 Å². The van der Waals surface area contributed by atoms with Crippen molar-refractivity contribution in [2.75, 3.05) is 0 Å². The third kappa shape index (κ3) is 0.901. The van der Waals surface area contributed by atoms with E-state index in [1.54, 1.807) is 6.08 Å². The normalized spacial score (nSPS) is 15.4. The number of aliphatic hydroxyl groups excluding tert-OH is 1. The first kappa shape index (κ1) is 6.15. The number of aromatic nitrogens is 1. The molecule has 0 aliphatic carbocycles. The van der Waals surface area contributed by atoms with E-state index in [0.717, 1.165) is 5.22 Å². The standard InChI is InChI=1S/C7H6INO/c10-6-3-5-1-2-9-7(5)8-4-6/h1-4,9-10H. The van der Waals surface area contributed by atoms with Gasteiger partial charge >= 0.3 is 0 Å². The van der Waals surface area contributed by atoms with E-state index >= 15 is 0 Å². The minimum atomic E-state index is -0.106. The zero-order chi connectivity index (χ0) is 6.97. The maximum atomic E-state index is 9.09. The fraction of sp³-hybridized carbons (Fsp3) is 0. The Kier molecular flexibility index (Phi) is 1.37. The molecule has 1 aromatic rings. The molecule has 0 saturated carbocycles. The molecule has 0 fully saturated rings. The van der Waals surface area contributed by atoms with Gasteiger partial charge < -0.3 is 10.1 Å². The number of hydrogen-bond donors (Lipinski definition) is 2. The summed E-state index contributed by atoms with van der Waals surface area (Å²) in [7, 11) is 0. The first-order valence-corrected chi connectivity index (χ1v) is 5.23. The van der Waals surface area contributed by atoms with Crippen LogP contribution in [0.15, 0.2) is 22.1 Å². The van der Waals surface area contributed by atoms with Crippen molar-refractivity contribution < 1.29 is 5.11 Å². The van der Waals surface area contributed by atoms with Crippen molar-refractivity contribution in [3.05, 3.63) is 30.6 Å². The number of nitrogens with one attached hydrogen (secondary N) is 1. The van der Waals surface area contributed by atoms with Gasteiger partial charge in [0.15, 0.2) is 0 Å². The van der Waals surface area contributed by atoms with E-state index < -0.39 is 0 Å². The SMILES string of the molecule is OC1=CI=c2[nH]ccc2=C1. The lowest BCUT2D eigenvalue weighted by atomic mass is 10.4. The van der Waals surface area contributed by atoms with Crippen LogP contribution in [0.2, 0.25) is 0 Å². The molecule has 0 saturated heterocycles. The highest BCUT2D eigenvalue weighted by molar-refractivity contribution is 14.2. The molecule has 0 atom stereocenters. The lowest BCUT2D eigenvalue weighted by Gasteiger charge is -1.90. The monoisotopic (exact) mass is 247 g/mol. The quantitative estimate of drug-likeness (QED) is 0.668. The fourth-order valence-corrected chi connectivity index (χ4v) is 2.73. The van der Waals surface area contributed by atoms with Crippen LogP contribution in [0.1, 0.15) is 0 Å². The van der Waals surface area contributed by atoms with Gasteiger partial charge in [0, 0.05) is 15.5 Å². The molecule has 2 nitrogen and oxygen atoms in total. The largest absolute Gasteiger partial charge is 0.507 e. The lowest BCUT2D eigenvalue weighted by Crippen LogP contribution is -1.98. The van der Waals surface area contributed by atoms with E-state index in [0.29, 0.717) is 5.76 Å². The van der Waals surface area contributed by atoms with Crippen LogP contribution in [0.5, 0.6) is 0 Å². The lowest BCUT2D eigenvalue weighted by molar-refractivity contribution is 0.443. The number of fused-ring (bicyclic) bond motifs is 1. The molecule has 0 unspecified atom stereocenters. The summed E-state index contributed by atoms with van der Waals surface area (Å²) < 4.78 is 3.19. The highest BCUT2D eigenvalue weighted by Crippen LogP contribution is 2.10. The number of rotatable bonds is 0. The van der Waals surface area contributed by atoms with Gasteiger partial charge in [0.2, 0.25) is 0 Å². The first-order valence-electron chi connectivity index (χ1n) is 2.91. The Bertz CT molecular complexity index is 388. The molecule has 2 rings (SSSR count). The van der Waals surface area contributed by atoms with Crippen molar-refractivity contribution in [1.29, 1.82) is 0 Å². The van der Waals surface area contributed by atoms with Crippen LogP contribution in [0.4, 0.5) is 0 Å². The third-order valence-electron chi connectivity index (χ3n) is 1.31. The van der Waals surface area contributed by atoms with Crippen molar-refractivity contribution in [3.8, 4) is 0 Å². The Morgan fingerprint density at radius 1 is 1.50 bits per heavy atom. The maximum Gasteiger partial charge on any atom is 0.121 e. The second-order valence-electron chi connectivity index (χ2n) is 2.03. The molecule has 3 heteroatoms. The summed E-state index contributed by atoms with van der Waals surface area (Å²) in [6.45, 7) is 0. The van der Waals surface area contributed by atoms with E-state index in [9.17, 15) is 0 Å². The number of H-pyrrole nitrogens is 1. The fourth-order valence-electron chi connectivity index (χ4n) is 0.868. The molecule has 0 spiro atoms. The van der Waals surface area contributed by atoms with Crippen LogP contribution in [0.25, 0.3) is 6.08 Å². The molecule has 0 bridgehead atoms. The molecule has 0 amide bonds. The van der Waals surface area contributed by atoms with Crippen LogP contribution in [0, 0.1) is 3.28 Å². The van der Waals surface area contributed by atoms with Crippen LogP contribution < -0.4 is 5.22 Å². The van der Waals surface area contributed by atoms with Gasteiger partial charge in [-0.05, 0) is 12.1 Å². The van der Waals surface area contributed by atoms with E-state index in [1.807, 2.05) is 16.3 Å². The number of aliphatic hydroxyl groups is 1. The summed E-state index contributed by atoms with van der Waals surface area (Å²) in [4.78, 5) is 3.14. The Morgan fingerprint density at radius 2 is 2.40 bits per heavy atom. The second kappa shape index (κ2) is 2.23. The second-order valence-corrected chi connectivity index (χ2v) is 4.36. The maximum absolute atomic E-state index is 9.09. The van der Waals surface area contributed by atoms with Crippen LogP contribution in [-0.4, -0.2) is 10.1 Å². The summed E-state index contributed by atoms with van der Waals surface area (Å²) in [5, 5.41) is 10.2. The van der Waals surface area contributed by atoms with Gasteiger partial charge in [-0.1, -0.05) is 20.7 Å². The highest BCUT2D eigenvalue weighted by Gasteiger charge is 1.93. The van der Waals surface area contributed by atoms with Gasteiger partial charge in [-0.3, -0.25) is 0 Å². The Hall–Kier alpha value is -0.580. The molecule has 2 N–H and O–H groups in total. The predicted molar refractivity (Wildman–Crippen MR) is 48.5 cm³/mol. The topological polar surface area (TPSA) is 36.0 Å². The zero-order valence-corrected chi connectivity index (χ0v) is 7.29. The van der Waals surface area contributed by atoms with Crippen molar-refractivity contribution >= 4 is 26.8 Å². The Balaban J connectivity index is 2.85. The number of halogens is 1.